The molecule has 0 atom stereocenters. The molecule has 1 aromatic carbocycles. The molecule has 3 heterocycles. The van der Waals surface area contributed by atoms with E-state index >= 15 is 0 Å². The van der Waals surface area contributed by atoms with Crippen molar-refractivity contribution in [1.82, 2.24) is 20.3 Å². The largest absolute Gasteiger partial charge is 0.481 e. The number of aromatic nitrogens is 3. The second-order valence-electron chi connectivity index (χ2n) is 9.57. The number of halogens is 3. The number of carbonyl (C=O) groups excluding carboxylic acids is 1. The van der Waals surface area contributed by atoms with Gasteiger partial charge < -0.3 is 20.2 Å². The number of rotatable bonds is 8. The monoisotopic (exact) mass is 579 g/mol. The molecule has 2 aromatic heterocycles. The number of carboxylic acids is 1. The topological polar surface area (TPSA) is 142 Å². The highest BCUT2D eigenvalue weighted by atomic mass is 32.1. The molecule has 3 aromatic rings. The predicted molar refractivity (Wildman–Crippen MR) is 145 cm³/mol. The Morgan fingerprint density at radius 2 is 1.88 bits per heavy atom. The van der Waals surface area contributed by atoms with Crippen molar-refractivity contribution >= 4 is 50.3 Å². The maximum atomic E-state index is 12.6. The highest BCUT2D eigenvalue weighted by Crippen LogP contribution is 2.35. The van der Waals surface area contributed by atoms with E-state index < -0.39 is 30.2 Å². The molecule has 40 heavy (non-hydrogen) atoms. The third-order valence-corrected chi connectivity index (χ3v) is 7.52. The Kier molecular flexibility index (Phi) is 8.42. The van der Waals surface area contributed by atoms with Gasteiger partial charge >= 0.3 is 18.2 Å². The van der Waals surface area contributed by atoms with Gasteiger partial charge in [-0.3, -0.25) is 10.1 Å². The summed E-state index contributed by atoms with van der Waals surface area (Å²) in [4.78, 5) is 43.4. The lowest BCUT2D eigenvalue weighted by molar-refractivity contribution is -0.173. The molecule has 11 nitrogen and oxygen atoms in total. The van der Waals surface area contributed by atoms with Crippen LogP contribution in [0.15, 0.2) is 29.7 Å². The van der Waals surface area contributed by atoms with Crippen molar-refractivity contribution in [3.63, 3.8) is 0 Å². The Morgan fingerprint density at radius 1 is 1.20 bits per heavy atom. The standard InChI is InChI=1S/C25H28F3N7O4S/c1-4-29-22(38)33-23-32-18-10-15(9-17(19(18)40-23)14(2)34-39-13-25(26,27)28)16-11-30-21(31-12-16)35-7-5-24(3,6-8-35)20(36)37/h9-12H,4-8,13H2,1-3H3,(H,36,37)(H2,29,32,33,38)/b34-14+. The molecule has 2 amide bonds. The number of amides is 2. The van der Waals surface area contributed by atoms with E-state index in [1.807, 2.05) is 4.90 Å². The number of hydrogen-bond acceptors (Lipinski definition) is 9. The zero-order valence-corrected chi connectivity index (χ0v) is 22.8. The second kappa shape index (κ2) is 11.6. The third kappa shape index (κ3) is 6.76. The number of fused-ring (bicyclic) bond motifs is 1. The number of alkyl halides is 3. The summed E-state index contributed by atoms with van der Waals surface area (Å²) < 4.78 is 38.3. The minimum atomic E-state index is -4.53. The zero-order valence-electron chi connectivity index (χ0n) is 22.0. The van der Waals surface area contributed by atoms with Crippen molar-refractivity contribution in [3.8, 4) is 11.1 Å². The number of aliphatic carboxylic acids is 1. The number of anilines is 2. The van der Waals surface area contributed by atoms with Gasteiger partial charge in [0.05, 0.1) is 21.3 Å². The molecule has 0 aliphatic carbocycles. The quantitative estimate of drug-likeness (QED) is 0.253. The van der Waals surface area contributed by atoms with Crippen LogP contribution in [0.25, 0.3) is 21.3 Å². The molecule has 0 bridgehead atoms. The number of oxime groups is 1. The van der Waals surface area contributed by atoms with Crippen LogP contribution in [-0.2, 0) is 9.63 Å². The summed E-state index contributed by atoms with van der Waals surface area (Å²) in [6.07, 6.45) is -0.358. The van der Waals surface area contributed by atoms with Gasteiger partial charge in [0.1, 0.15) is 0 Å². The van der Waals surface area contributed by atoms with Gasteiger partial charge in [-0.25, -0.2) is 19.7 Å². The summed E-state index contributed by atoms with van der Waals surface area (Å²) in [5, 5.41) is 18.7. The van der Waals surface area contributed by atoms with E-state index in [4.69, 9.17) is 0 Å². The summed E-state index contributed by atoms with van der Waals surface area (Å²) in [6, 6.07) is 3.05. The van der Waals surface area contributed by atoms with Crippen LogP contribution in [0.5, 0.6) is 0 Å². The van der Waals surface area contributed by atoms with Gasteiger partial charge in [0.15, 0.2) is 5.13 Å². The first kappa shape index (κ1) is 29.0. The SMILES string of the molecule is CCNC(=O)Nc1nc2cc(-c3cnc(N4CCC(C)(C(=O)O)CC4)nc3)cc(/C(C)=N/OCC(F)(F)F)c2s1. The average Bonchev–Trinajstić information content (AvgIpc) is 3.30. The van der Waals surface area contributed by atoms with Crippen molar-refractivity contribution in [2.75, 3.05) is 36.5 Å². The van der Waals surface area contributed by atoms with Crippen LogP contribution >= 0.6 is 11.3 Å². The van der Waals surface area contributed by atoms with Gasteiger partial charge in [0.25, 0.3) is 0 Å². The van der Waals surface area contributed by atoms with E-state index in [0.29, 0.717) is 70.5 Å². The molecule has 214 valence electrons. The molecule has 0 saturated carbocycles. The number of thiazole rings is 1. The Bertz CT molecular complexity index is 1420. The molecule has 1 fully saturated rings. The molecule has 1 saturated heterocycles. The van der Waals surface area contributed by atoms with E-state index in [1.165, 1.54) is 6.92 Å². The lowest BCUT2D eigenvalue weighted by Crippen LogP contribution is -2.43. The first-order valence-corrected chi connectivity index (χ1v) is 13.2. The fraction of sp³-hybridized carbons (Fsp3) is 0.440. The predicted octanol–water partition coefficient (Wildman–Crippen LogP) is 4.89. The molecule has 0 radical (unpaired) electrons. The number of benzene rings is 1. The highest BCUT2D eigenvalue weighted by molar-refractivity contribution is 7.22. The normalized spacial score (nSPS) is 15.7. The Morgan fingerprint density at radius 3 is 2.48 bits per heavy atom. The fourth-order valence-corrected chi connectivity index (χ4v) is 5.13. The van der Waals surface area contributed by atoms with Crippen LogP contribution in [0.3, 0.4) is 0 Å². The number of piperidine rings is 1. The van der Waals surface area contributed by atoms with Crippen molar-refractivity contribution in [2.24, 2.45) is 10.6 Å². The number of nitrogens with one attached hydrogen (secondary N) is 2. The van der Waals surface area contributed by atoms with Crippen LogP contribution in [0.1, 0.15) is 39.2 Å². The molecule has 3 N–H and O–H groups in total. The maximum Gasteiger partial charge on any atom is 0.425 e. The van der Waals surface area contributed by atoms with Crippen LogP contribution in [0.2, 0.25) is 0 Å². The van der Waals surface area contributed by atoms with Gasteiger partial charge in [-0.15, -0.1) is 0 Å². The molecule has 0 spiro atoms. The molecule has 1 aliphatic rings. The molecular weight excluding hydrogens is 551 g/mol. The smallest absolute Gasteiger partial charge is 0.425 e. The van der Waals surface area contributed by atoms with E-state index in [1.54, 1.807) is 38.4 Å². The van der Waals surface area contributed by atoms with Crippen LogP contribution in [0.4, 0.5) is 29.0 Å². The van der Waals surface area contributed by atoms with Gasteiger partial charge in [0, 0.05) is 43.2 Å². The summed E-state index contributed by atoms with van der Waals surface area (Å²) in [7, 11) is 0. The number of carbonyl (C=O) groups is 2. The van der Waals surface area contributed by atoms with Crippen molar-refractivity contribution in [2.45, 2.75) is 39.8 Å². The number of hydrogen-bond donors (Lipinski definition) is 3. The number of nitrogens with zero attached hydrogens (tertiary/aromatic N) is 5. The van der Waals surface area contributed by atoms with Crippen LogP contribution < -0.4 is 15.5 Å². The zero-order chi connectivity index (χ0) is 29.1. The lowest BCUT2D eigenvalue weighted by Gasteiger charge is -2.36. The molecule has 0 unspecified atom stereocenters. The van der Waals surface area contributed by atoms with Crippen LogP contribution in [0, 0.1) is 5.41 Å². The first-order chi connectivity index (χ1) is 18.9. The molecule has 15 heteroatoms. The van der Waals surface area contributed by atoms with Gasteiger partial charge in [-0.1, -0.05) is 16.5 Å². The van der Waals surface area contributed by atoms with Gasteiger partial charge in [-0.2, -0.15) is 13.2 Å². The summed E-state index contributed by atoms with van der Waals surface area (Å²) in [5.41, 5.74) is 1.63. The first-order valence-electron chi connectivity index (χ1n) is 12.4. The maximum absolute atomic E-state index is 12.6. The average molecular weight is 580 g/mol. The van der Waals surface area contributed by atoms with Crippen molar-refractivity contribution < 1.29 is 32.7 Å². The highest BCUT2D eigenvalue weighted by Gasteiger charge is 2.37. The van der Waals surface area contributed by atoms with Gasteiger partial charge in [0.2, 0.25) is 12.6 Å². The van der Waals surface area contributed by atoms with E-state index in [9.17, 15) is 27.9 Å². The number of urea groups is 1. The lowest BCUT2D eigenvalue weighted by atomic mass is 9.80. The van der Waals surface area contributed by atoms with Crippen molar-refractivity contribution in [3.05, 3.63) is 30.1 Å². The summed E-state index contributed by atoms with van der Waals surface area (Å²) >= 11 is 1.15. The van der Waals surface area contributed by atoms with E-state index in [-0.39, 0.29) is 5.71 Å². The number of carboxylic acid groups (broad SMARTS) is 1. The minimum absolute atomic E-state index is 0.191. The molecule has 4 rings (SSSR count). The molecule has 1 aliphatic heterocycles. The Hall–Kier alpha value is -4.01. The Labute approximate surface area is 231 Å². The second-order valence-corrected chi connectivity index (χ2v) is 10.6. The molecular formula is C25H28F3N7O4S. The minimum Gasteiger partial charge on any atom is -0.481 e. The Balaban J connectivity index is 1.64. The summed E-state index contributed by atoms with van der Waals surface area (Å²) in [5.74, 6) is -0.346. The third-order valence-electron chi connectivity index (χ3n) is 6.51. The van der Waals surface area contributed by atoms with E-state index in [0.717, 1.165) is 11.3 Å². The van der Waals surface area contributed by atoms with E-state index in [2.05, 4.69) is 35.6 Å². The van der Waals surface area contributed by atoms with Gasteiger partial charge in [-0.05, 0) is 51.3 Å². The van der Waals surface area contributed by atoms with Crippen molar-refractivity contribution in [1.29, 1.82) is 0 Å². The fourth-order valence-electron chi connectivity index (χ4n) is 4.12. The van der Waals surface area contributed by atoms with Crippen LogP contribution in [-0.4, -0.2) is 70.2 Å². The summed E-state index contributed by atoms with van der Waals surface area (Å²) in [6.45, 7) is 4.93.